The van der Waals surface area contributed by atoms with E-state index in [4.69, 9.17) is 10.2 Å². The summed E-state index contributed by atoms with van der Waals surface area (Å²) >= 11 is 0. The Morgan fingerprint density at radius 2 is 1.89 bits per heavy atom. The second-order valence-corrected chi connectivity index (χ2v) is 1.87. The van der Waals surface area contributed by atoms with Gasteiger partial charge in [0.2, 0.25) is 0 Å². The zero-order valence-electron chi connectivity index (χ0n) is 7.66. The van der Waals surface area contributed by atoms with Crippen molar-refractivity contribution in [1.82, 2.24) is 0 Å². The van der Waals surface area contributed by atoms with E-state index in [2.05, 4.69) is 0 Å². The Bertz CT molecular complexity index is 99.7. The summed E-state index contributed by atoms with van der Waals surface area (Å²) in [5.74, 6) is -1.62. The maximum absolute atomic E-state index is 9.98. The van der Waals surface area contributed by atoms with E-state index < -0.39 is 18.0 Å². The molecule has 52 valence electrons. The van der Waals surface area contributed by atoms with Gasteiger partial charge in [-0.05, 0) is 13.8 Å². The van der Waals surface area contributed by atoms with E-state index in [0.29, 0.717) is 0 Å². The van der Waals surface area contributed by atoms with Gasteiger partial charge in [-0.25, -0.2) is 0 Å². The smallest absolute Gasteiger partial charge is 1.00 e. The summed E-state index contributed by atoms with van der Waals surface area (Å²) in [6.45, 7) is 2.92. The maximum Gasteiger partial charge on any atom is 2.00 e. The monoisotopic (exact) mass is 160 g/mol. The molecule has 2 atom stereocenters. The first-order chi connectivity index (χ1) is 3.55. The minimum atomic E-state index is -0.958. The molecule has 2 N–H and O–H groups in total. The number of carboxylic acids is 1. The van der Waals surface area contributed by atoms with Crippen molar-refractivity contribution < 1.29 is 17.9 Å². The summed E-state index contributed by atoms with van der Waals surface area (Å²) < 4.78 is 0. The van der Waals surface area contributed by atoms with Crippen LogP contribution in [-0.4, -0.2) is 60.0 Å². The third kappa shape index (κ3) is 5.15. The number of rotatable bonds is 2. The Morgan fingerprint density at radius 1 is 1.56 bits per heavy atom. The van der Waals surface area contributed by atoms with Crippen LogP contribution in [0.3, 0.4) is 0 Å². The molecule has 0 aromatic heterocycles. The van der Waals surface area contributed by atoms with Gasteiger partial charge in [-0.1, -0.05) is 0 Å². The Labute approximate surface area is 87.0 Å². The number of hydrogen-bond donors (Lipinski definition) is 2. The summed E-state index contributed by atoms with van der Waals surface area (Å²) in [4.78, 5) is 9.98. The first-order valence-corrected chi connectivity index (χ1v) is 2.46. The molecule has 0 aliphatic rings. The predicted octanol–water partition coefficient (Wildman–Crippen LogP) is -0.0679. The molecule has 0 aliphatic carbocycles. The van der Waals surface area contributed by atoms with Crippen molar-refractivity contribution in [3.05, 3.63) is 0 Å². The van der Waals surface area contributed by atoms with Crippen LogP contribution >= 0.6 is 0 Å². The van der Waals surface area contributed by atoms with E-state index in [-0.39, 0.29) is 40.6 Å². The molecule has 2 unspecified atom stereocenters. The molecule has 0 heterocycles. The van der Waals surface area contributed by atoms with Crippen LogP contribution in [0.1, 0.15) is 16.7 Å². The fraction of sp³-hybridized carbons (Fsp3) is 0.800. The summed E-state index contributed by atoms with van der Waals surface area (Å²) in [5, 5.41) is 16.8. The van der Waals surface area contributed by atoms with Crippen LogP contribution in [0.5, 0.6) is 0 Å². The predicted molar refractivity (Wildman–Crippen MR) is 36.5 cm³/mol. The molecule has 0 aliphatic heterocycles. The first-order valence-electron chi connectivity index (χ1n) is 2.46. The molecule has 0 aromatic rings. The van der Waals surface area contributed by atoms with Gasteiger partial charge in [0, 0.05) is 0 Å². The molecule has 4 heteroatoms. The molecule has 0 saturated carbocycles. The van der Waals surface area contributed by atoms with E-state index in [9.17, 15) is 4.79 Å². The van der Waals surface area contributed by atoms with Crippen LogP contribution in [0.4, 0.5) is 0 Å². The fourth-order valence-electron chi connectivity index (χ4n) is 0.206. The van der Waals surface area contributed by atoms with Gasteiger partial charge in [-0.3, -0.25) is 4.79 Å². The molecule has 0 spiro atoms. The largest absolute Gasteiger partial charge is 2.00 e. The van der Waals surface area contributed by atoms with E-state index in [1.165, 1.54) is 13.8 Å². The average Bonchev–Trinajstić information content (AvgIpc) is 1.64. The second-order valence-electron chi connectivity index (χ2n) is 1.87. The Balaban J connectivity index is -0.0000000817. The Hall–Kier alpha value is 0.690. The van der Waals surface area contributed by atoms with E-state index >= 15 is 0 Å². The molecule has 0 rings (SSSR count). The minimum absolute atomic E-state index is 0. The molecule has 3 nitrogen and oxygen atoms in total. The van der Waals surface area contributed by atoms with Crippen molar-refractivity contribution in [3.8, 4) is 0 Å². The van der Waals surface area contributed by atoms with Crippen molar-refractivity contribution in [1.29, 1.82) is 0 Å². The zero-order chi connectivity index (χ0) is 6.73. The van der Waals surface area contributed by atoms with Crippen LogP contribution in [0.2, 0.25) is 0 Å². The van der Waals surface area contributed by atoms with Crippen molar-refractivity contribution in [2.75, 3.05) is 0 Å². The number of carboxylic acid groups (broad SMARTS) is 1. The molecule has 0 amide bonds. The molecule has 0 fully saturated rings. The van der Waals surface area contributed by atoms with Gasteiger partial charge in [-0.15, -0.1) is 0 Å². The number of aliphatic hydroxyl groups excluding tert-OH is 1. The standard InChI is InChI=1S/C5H10O3.Ca.2H/c1-3(4(2)6)5(7)8;;;/h3-4,6H,1-2H3,(H,7,8);;;/q;+2;2*-1. The SMILES string of the molecule is CC(O)C(C)C(=O)O.[Ca+2].[H-].[H-]. The molecule has 0 bridgehead atoms. The van der Waals surface area contributed by atoms with Gasteiger partial charge in [0.15, 0.2) is 0 Å². The van der Waals surface area contributed by atoms with Crippen molar-refractivity contribution >= 4 is 43.7 Å². The summed E-state index contributed by atoms with van der Waals surface area (Å²) in [6.07, 6.45) is -0.757. The molecule has 0 saturated heterocycles. The minimum Gasteiger partial charge on any atom is -1.00 e. The van der Waals surface area contributed by atoms with Gasteiger partial charge >= 0.3 is 43.7 Å². The van der Waals surface area contributed by atoms with Crippen LogP contribution in [0, 0.1) is 5.92 Å². The molecule has 9 heavy (non-hydrogen) atoms. The topological polar surface area (TPSA) is 57.5 Å². The summed E-state index contributed by atoms with van der Waals surface area (Å²) in [7, 11) is 0. The van der Waals surface area contributed by atoms with Crippen LogP contribution in [0.15, 0.2) is 0 Å². The Morgan fingerprint density at radius 3 is 1.89 bits per heavy atom. The maximum atomic E-state index is 9.98. The normalized spacial score (nSPS) is 15.4. The summed E-state index contributed by atoms with van der Waals surface area (Å²) in [6, 6.07) is 0. The van der Waals surface area contributed by atoms with Gasteiger partial charge in [-0.2, -0.15) is 0 Å². The number of hydrogen-bond acceptors (Lipinski definition) is 2. The van der Waals surface area contributed by atoms with E-state index in [1.54, 1.807) is 0 Å². The van der Waals surface area contributed by atoms with Gasteiger partial charge in [0.1, 0.15) is 0 Å². The second kappa shape index (κ2) is 5.47. The number of aliphatic hydroxyl groups is 1. The molecular weight excluding hydrogens is 148 g/mol. The quantitative estimate of drug-likeness (QED) is 0.556. The van der Waals surface area contributed by atoms with Crippen LogP contribution < -0.4 is 0 Å². The van der Waals surface area contributed by atoms with Crippen LogP contribution in [0.25, 0.3) is 0 Å². The van der Waals surface area contributed by atoms with Gasteiger partial charge in [0.25, 0.3) is 0 Å². The van der Waals surface area contributed by atoms with Gasteiger partial charge in [0.05, 0.1) is 12.0 Å². The molecule has 0 radical (unpaired) electrons. The van der Waals surface area contributed by atoms with E-state index in [0.717, 1.165) is 0 Å². The molecule has 0 aromatic carbocycles. The van der Waals surface area contributed by atoms with Crippen molar-refractivity contribution in [2.45, 2.75) is 20.0 Å². The third-order valence-corrected chi connectivity index (χ3v) is 1.11. The average molecular weight is 160 g/mol. The summed E-state index contributed by atoms with van der Waals surface area (Å²) in [5.41, 5.74) is 0. The number of carbonyl (C=O) groups is 1. The van der Waals surface area contributed by atoms with Gasteiger partial charge < -0.3 is 13.1 Å². The first kappa shape index (κ1) is 12.4. The third-order valence-electron chi connectivity index (χ3n) is 1.11. The van der Waals surface area contributed by atoms with Crippen LogP contribution in [-0.2, 0) is 4.79 Å². The van der Waals surface area contributed by atoms with Crippen molar-refractivity contribution in [3.63, 3.8) is 0 Å². The van der Waals surface area contributed by atoms with E-state index in [1.807, 2.05) is 0 Å². The number of aliphatic carboxylic acids is 1. The Kier molecular flexibility index (Phi) is 7.52. The fourth-order valence-corrected chi connectivity index (χ4v) is 0.206. The molecular formula is C5H12CaO3. The van der Waals surface area contributed by atoms with Crippen molar-refractivity contribution in [2.24, 2.45) is 5.92 Å². The zero-order valence-corrected chi connectivity index (χ0v) is 7.87.